The molecular formula is C9H12N2O2. The van der Waals surface area contributed by atoms with Crippen molar-refractivity contribution in [1.82, 2.24) is 4.98 Å². The lowest BCUT2D eigenvalue weighted by Gasteiger charge is -2.08. The standard InChI is InChI=1S/C9H12N2O2/c10-4-9-12-6-8(13-9)7-2-1-3-11-5-7/h1-3,5,8-9H,4,6,10H2. The second-order valence-electron chi connectivity index (χ2n) is 2.91. The molecule has 1 fully saturated rings. The lowest BCUT2D eigenvalue weighted by molar-refractivity contribution is -0.0497. The maximum Gasteiger partial charge on any atom is 0.170 e. The third kappa shape index (κ3) is 1.85. The van der Waals surface area contributed by atoms with Gasteiger partial charge in [-0.15, -0.1) is 0 Å². The van der Waals surface area contributed by atoms with Crippen molar-refractivity contribution in [2.75, 3.05) is 13.2 Å². The number of nitrogens with zero attached hydrogens (tertiary/aromatic N) is 1. The summed E-state index contributed by atoms with van der Waals surface area (Å²) in [5.74, 6) is 0. The van der Waals surface area contributed by atoms with E-state index in [1.807, 2.05) is 12.1 Å². The zero-order valence-electron chi connectivity index (χ0n) is 7.22. The summed E-state index contributed by atoms with van der Waals surface area (Å²) in [6.45, 7) is 0.963. The normalized spacial score (nSPS) is 27.8. The Labute approximate surface area is 76.7 Å². The van der Waals surface area contributed by atoms with Gasteiger partial charge in [-0.3, -0.25) is 4.98 Å². The largest absolute Gasteiger partial charge is 0.348 e. The fraction of sp³-hybridized carbons (Fsp3) is 0.444. The molecule has 4 heteroatoms. The molecule has 0 aliphatic carbocycles. The van der Waals surface area contributed by atoms with E-state index in [9.17, 15) is 0 Å². The Morgan fingerprint density at radius 2 is 2.54 bits per heavy atom. The molecule has 2 unspecified atom stereocenters. The van der Waals surface area contributed by atoms with Crippen LogP contribution in [0.4, 0.5) is 0 Å². The van der Waals surface area contributed by atoms with Crippen LogP contribution in [0.1, 0.15) is 11.7 Å². The first kappa shape index (κ1) is 8.62. The van der Waals surface area contributed by atoms with Crippen LogP contribution in [0.25, 0.3) is 0 Å². The number of pyridine rings is 1. The van der Waals surface area contributed by atoms with Gasteiger partial charge in [-0.2, -0.15) is 0 Å². The molecule has 1 aromatic rings. The topological polar surface area (TPSA) is 57.4 Å². The number of ether oxygens (including phenoxy) is 2. The minimum atomic E-state index is -0.259. The molecule has 4 nitrogen and oxygen atoms in total. The van der Waals surface area contributed by atoms with Crippen LogP contribution < -0.4 is 5.73 Å². The highest BCUT2D eigenvalue weighted by atomic mass is 16.7. The average Bonchev–Trinajstić information content (AvgIpc) is 2.67. The molecule has 0 bridgehead atoms. The summed E-state index contributed by atoms with van der Waals surface area (Å²) in [5, 5.41) is 0. The van der Waals surface area contributed by atoms with Gasteiger partial charge in [0.25, 0.3) is 0 Å². The Bertz CT molecular complexity index is 266. The van der Waals surface area contributed by atoms with Crippen molar-refractivity contribution >= 4 is 0 Å². The van der Waals surface area contributed by atoms with E-state index < -0.39 is 0 Å². The number of rotatable bonds is 2. The maximum atomic E-state index is 5.51. The van der Waals surface area contributed by atoms with E-state index in [1.165, 1.54) is 0 Å². The highest BCUT2D eigenvalue weighted by Gasteiger charge is 2.25. The molecule has 2 heterocycles. The first-order chi connectivity index (χ1) is 6.40. The van der Waals surface area contributed by atoms with Crippen molar-refractivity contribution in [3.05, 3.63) is 30.1 Å². The summed E-state index contributed by atoms with van der Waals surface area (Å²) in [6.07, 6.45) is 3.25. The summed E-state index contributed by atoms with van der Waals surface area (Å²) in [5.41, 5.74) is 6.45. The molecule has 13 heavy (non-hydrogen) atoms. The van der Waals surface area contributed by atoms with Crippen molar-refractivity contribution in [3.8, 4) is 0 Å². The average molecular weight is 180 g/mol. The van der Waals surface area contributed by atoms with Gasteiger partial charge in [0.15, 0.2) is 6.29 Å². The van der Waals surface area contributed by atoms with E-state index in [0.717, 1.165) is 5.56 Å². The van der Waals surface area contributed by atoms with Gasteiger partial charge in [-0.05, 0) is 6.07 Å². The number of nitrogens with two attached hydrogens (primary N) is 1. The quantitative estimate of drug-likeness (QED) is 0.718. The third-order valence-electron chi connectivity index (χ3n) is 2.00. The van der Waals surface area contributed by atoms with E-state index in [0.29, 0.717) is 13.2 Å². The van der Waals surface area contributed by atoms with Crippen LogP contribution >= 0.6 is 0 Å². The van der Waals surface area contributed by atoms with E-state index in [1.54, 1.807) is 12.4 Å². The lowest BCUT2D eigenvalue weighted by Crippen LogP contribution is -2.20. The molecule has 2 N–H and O–H groups in total. The zero-order chi connectivity index (χ0) is 9.10. The van der Waals surface area contributed by atoms with Crippen LogP contribution in [0.2, 0.25) is 0 Å². The molecule has 1 aliphatic heterocycles. The fourth-order valence-electron chi connectivity index (χ4n) is 1.32. The van der Waals surface area contributed by atoms with E-state index in [4.69, 9.17) is 15.2 Å². The fourth-order valence-corrected chi connectivity index (χ4v) is 1.32. The van der Waals surface area contributed by atoms with E-state index in [-0.39, 0.29) is 12.4 Å². The smallest absolute Gasteiger partial charge is 0.170 e. The first-order valence-corrected chi connectivity index (χ1v) is 4.27. The van der Waals surface area contributed by atoms with Crippen LogP contribution in [0.15, 0.2) is 24.5 Å². The highest BCUT2D eigenvalue weighted by Crippen LogP contribution is 2.24. The summed E-state index contributed by atoms with van der Waals surface area (Å²) < 4.78 is 10.8. The molecular weight excluding hydrogens is 168 g/mol. The monoisotopic (exact) mass is 180 g/mol. The molecule has 70 valence electrons. The molecule has 0 radical (unpaired) electrons. The van der Waals surface area contributed by atoms with Gasteiger partial charge in [-0.25, -0.2) is 0 Å². The van der Waals surface area contributed by atoms with E-state index >= 15 is 0 Å². The van der Waals surface area contributed by atoms with Gasteiger partial charge < -0.3 is 15.2 Å². The van der Waals surface area contributed by atoms with Gasteiger partial charge in [-0.1, -0.05) is 6.07 Å². The Hall–Kier alpha value is -0.970. The van der Waals surface area contributed by atoms with Gasteiger partial charge in [0, 0.05) is 24.5 Å². The van der Waals surface area contributed by atoms with Gasteiger partial charge in [0.1, 0.15) is 6.10 Å². The number of hydrogen-bond donors (Lipinski definition) is 1. The Morgan fingerprint density at radius 3 is 3.15 bits per heavy atom. The van der Waals surface area contributed by atoms with Crippen LogP contribution in [0.5, 0.6) is 0 Å². The lowest BCUT2D eigenvalue weighted by atomic mass is 10.2. The van der Waals surface area contributed by atoms with Crippen LogP contribution in [0.3, 0.4) is 0 Å². The van der Waals surface area contributed by atoms with E-state index in [2.05, 4.69) is 4.98 Å². The SMILES string of the molecule is NCC1OCC(c2cccnc2)O1. The second kappa shape index (κ2) is 3.83. The third-order valence-corrected chi connectivity index (χ3v) is 2.00. The van der Waals surface area contributed by atoms with Crippen LogP contribution in [-0.2, 0) is 9.47 Å². The number of aromatic nitrogens is 1. The molecule has 0 spiro atoms. The first-order valence-electron chi connectivity index (χ1n) is 4.27. The summed E-state index contributed by atoms with van der Waals surface area (Å²) in [7, 11) is 0. The summed E-state index contributed by atoms with van der Waals surface area (Å²) >= 11 is 0. The molecule has 0 aromatic carbocycles. The minimum Gasteiger partial charge on any atom is -0.348 e. The molecule has 2 rings (SSSR count). The van der Waals surface area contributed by atoms with Gasteiger partial charge >= 0.3 is 0 Å². The molecule has 1 saturated heterocycles. The predicted octanol–water partition coefficient (Wildman–Crippen LogP) is 0.454. The van der Waals surface area contributed by atoms with Gasteiger partial charge in [0.2, 0.25) is 0 Å². The summed E-state index contributed by atoms with van der Waals surface area (Å²) in [4.78, 5) is 4.01. The van der Waals surface area contributed by atoms with Crippen molar-refractivity contribution < 1.29 is 9.47 Å². The molecule has 1 aromatic heterocycles. The van der Waals surface area contributed by atoms with Crippen molar-refractivity contribution in [2.24, 2.45) is 5.73 Å². The van der Waals surface area contributed by atoms with Gasteiger partial charge in [0.05, 0.1) is 6.61 Å². The highest BCUT2D eigenvalue weighted by molar-refractivity contribution is 5.12. The molecule has 1 aliphatic rings. The summed E-state index contributed by atoms with van der Waals surface area (Å²) in [6, 6.07) is 3.86. The molecule has 0 saturated carbocycles. The predicted molar refractivity (Wildman–Crippen MR) is 46.9 cm³/mol. The Balaban J connectivity index is 2.04. The minimum absolute atomic E-state index is 0.0118. The number of hydrogen-bond acceptors (Lipinski definition) is 4. The second-order valence-corrected chi connectivity index (χ2v) is 2.91. The molecule has 0 amide bonds. The van der Waals surface area contributed by atoms with Crippen LogP contribution in [-0.4, -0.2) is 24.4 Å². The maximum absolute atomic E-state index is 5.51. The van der Waals surface area contributed by atoms with Crippen molar-refractivity contribution in [1.29, 1.82) is 0 Å². The zero-order valence-corrected chi connectivity index (χ0v) is 7.22. The Morgan fingerprint density at radius 1 is 1.62 bits per heavy atom. The van der Waals surface area contributed by atoms with Crippen molar-refractivity contribution in [3.63, 3.8) is 0 Å². The molecule has 2 atom stereocenters. The Kier molecular flexibility index (Phi) is 2.54. The van der Waals surface area contributed by atoms with Crippen molar-refractivity contribution in [2.45, 2.75) is 12.4 Å². The van der Waals surface area contributed by atoms with Crippen LogP contribution in [0, 0.1) is 0 Å².